The Morgan fingerprint density at radius 2 is 1.50 bits per heavy atom. The number of phenols is 1. The SMILES string of the molecule is O=C(COc1ccc2c(c1O)C(=O)c1ccccc1C2=O)c1ccc(F)cc1. The molecule has 0 fully saturated rings. The highest BCUT2D eigenvalue weighted by atomic mass is 19.1. The van der Waals surface area contributed by atoms with Gasteiger partial charge in [0.05, 0.1) is 5.56 Å². The number of ether oxygens (including phenoxy) is 1. The van der Waals surface area contributed by atoms with E-state index in [0.29, 0.717) is 0 Å². The van der Waals surface area contributed by atoms with Crippen LogP contribution >= 0.6 is 0 Å². The predicted molar refractivity (Wildman–Crippen MR) is 97.6 cm³/mol. The third-order valence-corrected chi connectivity index (χ3v) is 4.55. The molecule has 0 heterocycles. The lowest BCUT2D eigenvalue weighted by molar-refractivity contribution is 0.0918. The van der Waals surface area contributed by atoms with E-state index in [0.717, 1.165) is 12.1 Å². The van der Waals surface area contributed by atoms with Gasteiger partial charge in [0.15, 0.2) is 35.5 Å². The molecule has 138 valence electrons. The second kappa shape index (κ2) is 6.74. The number of ketones is 3. The first-order chi connectivity index (χ1) is 13.5. The molecule has 1 N–H and O–H groups in total. The standard InChI is InChI=1S/C22H13FO5/c23-13-7-5-12(6-8-13)17(24)11-28-18-10-9-16-19(22(18)27)21(26)15-4-2-1-3-14(15)20(16)25/h1-10,27H,11H2. The summed E-state index contributed by atoms with van der Waals surface area (Å²) in [7, 11) is 0. The molecule has 0 spiro atoms. The molecule has 0 aliphatic heterocycles. The number of benzene rings is 3. The van der Waals surface area contributed by atoms with Crippen molar-refractivity contribution >= 4 is 17.3 Å². The summed E-state index contributed by atoms with van der Waals surface area (Å²) < 4.78 is 18.3. The maximum absolute atomic E-state index is 13.0. The molecule has 6 heteroatoms. The second-order valence-corrected chi connectivity index (χ2v) is 6.26. The summed E-state index contributed by atoms with van der Waals surface area (Å²) in [4.78, 5) is 37.5. The molecule has 3 aromatic carbocycles. The van der Waals surface area contributed by atoms with Crippen LogP contribution in [0.25, 0.3) is 0 Å². The monoisotopic (exact) mass is 376 g/mol. The molecule has 0 bridgehead atoms. The van der Waals surface area contributed by atoms with E-state index in [1.165, 1.54) is 30.3 Å². The molecule has 0 radical (unpaired) electrons. The van der Waals surface area contributed by atoms with Crippen molar-refractivity contribution in [2.24, 2.45) is 0 Å². The molecule has 28 heavy (non-hydrogen) atoms. The van der Waals surface area contributed by atoms with Gasteiger partial charge >= 0.3 is 0 Å². The average molecular weight is 376 g/mol. The highest BCUT2D eigenvalue weighted by Crippen LogP contribution is 2.38. The van der Waals surface area contributed by atoms with Crippen LogP contribution in [-0.4, -0.2) is 29.1 Å². The lowest BCUT2D eigenvalue weighted by Crippen LogP contribution is -2.21. The molecule has 4 rings (SSSR count). The van der Waals surface area contributed by atoms with Crippen molar-refractivity contribution in [3.63, 3.8) is 0 Å². The highest BCUT2D eigenvalue weighted by molar-refractivity contribution is 6.29. The minimum atomic E-state index is -0.489. The fourth-order valence-corrected chi connectivity index (χ4v) is 3.13. The molecule has 1 aliphatic carbocycles. The Morgan fingerprint density at radius 3 is 2.18 bits per heavy atom. The molecular weight excluding hydrogens is 363 g/mol. The zero-order valence-electron chi connectivity index (χ0n) is 14.4. The summed E-state index contributed by atoms with van der Waals surface area (Å²) in [5.41, 5.74) is 0.669. The van der Waals surface area contributed by atoms with Crippen molar-refractivity contribution in [2.75, 3.05) is 6.61 Å². The van der Waals surface area contributed by atoms with Crippen LogP contribution in [0.15, 0.2) is 60.7 Å². The van der Waals surface area contributed by atoms with E-state index >= 15 is 0 Å². The molecule has 0 atom stereocenters. The van der Waals surface area contributed by atoms with Crippen molar-refractivity contribution in [1.29, 1.82) is 0 Å². The third kappa shape index (κ3) is 2.85. The van der Waals surface area contributed by atoms with Crippen molar-refractivity contribution in [3.8, 4) is 11.5 Å². The van der Waals surface area contributed by atoms with Gasteiger partial charge in [-0.05, 0) is 36.4 Å². The van der Waals surface area contributed by atoms with Gasteiger partial charge in [-0.2, -0.15) is 0 Å². The molecular formula is C22H13FO5. The summed E-state index contributed by atoms with van der Waals surface area (Å²) in [6.45, 7) is -0.420. The van der Waals surface area contributed by atoms with Gasteiger partial charge in [0.25, 0.3) is 0 Å². The van der Waals surface area contributed by atoms with Crippen LogP contribution < -0.4 is 4.74 Å². The Morgan fingerprint density at radius 1 is 0.857 bits per heavy atom. The number of Topliss-reactive ketones (excluding diaryl/α,β-unsaturated/α-hetero) is 1. The van der Waals surface area contributed by atoms with Gasteiger partial charge in [0.1, 0.15) is 5.82 Å². The lowest BCUT2D eigenvalue weighted by Gasteiger charge is -2.19. The predicted octanol–water partition coefficient (Wildman–Crippen LogP) is 3.57. The Balaban J connectivity index is 1.63. The number of halogens is 1. The van der Waals surface area contributed by atoms with Crippen LogP contribution in [0.2, 0.25) is 0 Å². The van der Waals surface area contributed by atoms with Crippen LogP contribution in [-0.2, 0) is 0 Å². The molecule has 3 aromatic rings. The molecule has 5 nitrogen and oxygen atoms in total. The van der Waals surface area contributed by atoms with Crippen molar-refractivity contribution in [1.82, 2.24) is 0 Å². The zero-order valence-corrected chi connectivity index (χ0v) is 14.4. The summed E-state index contributed by atoms with van der Waals surface area (Å²) in [5.74, 6) is -2.32. The van der Waals surface area contributed by atoms with Crippen LogP contribution in [0.4, 0.5) is 4.39 Å². The minimum absolute atomic E-state index is 0.0819. The molecule has 0 saturated carbocycles. The minimum Gasteiger partial charge on any atom is -0.504 e. The summed E-state index contributed by atoms with van der Waals surface area (Å²) in [6.07, 6.45) is 0. The van der Waals surface area contributed by atoms with E-state index < -0.39 is 29.7 Å². The van der Waals surface area contributed by atoms with Gasteiger partial charge in [-0.15, -0.1) is 0 Å². The number of fused-ring (bicyclic) bond motifs is 2. The number of hydrogen-bond acceptors (Lipinski definition) is 5. The summed E-state index contributed by atoms with van der Waals surface area (Å²) in [5, 5.41) is 10.5. The Hall–Kier alpha value is -3.80. The molecule has 0 saturated heterocycles. The molecule has 0 unspecified atom stereocenters. The third-order valence-electron chi connectivity index (χ3n) is 4.55. The largest absolute Gasteiger partial charge is 0.504 e. The summed E-state index contributed by atoms with van der Waals surface area (Å²) in [6, 6.07) is 14.1. The molecule has 1 aliphatic rings. The quantitative estimate of drug-likeness (QED) is 0.551. The molecule has 0 amide bonds. The number of carbonyl (C=O) groups is 3. The van der Waals surface area contributed by atoms with E-state index in [1.54, 1.807) is 18.2 Å². The van der Waals surface area contributed by atoms with Gasteiger partial charge in [0, 0.05) is 22.3 Å². The van der Waals surface area contributed by atoms with Gasteiger partial charge in [-0.3, -0.25) is 14.4 Å². The topological polar surface area (TPSA) is 80.7 Å². The normalized spacial score (nSPS) is 12.3. The first-order valence-electron chi connectivity index (χ1n) is 8.43. The maximum atomic E-state index is 13.0. The number of hydrogen-bond donors (Lipinski definition) is 1. The number of rotatable bonds is 4. The number of phenolic OH excluding ortho intramolecular Hbond substituents is 1. The van der Waals surface area contributed by atoms with Crippen molar-refractivity contribution in [3.05, 3.63) is 94.3 Å². The fourth-order valence-electron chi connectivity index (χ4n) is 3.13. The smallest absolute Gasteiger partial charge is 0.200 e. The van der Waals surface area contributed by atoms with E-state index in [4.69, 9.17) is 4.74 Å². The van der Waals surface area contributed by atoms with E-state index in [-0.39, 0.29) is 39.4 Å². The van der Waals surface area contributed by atoms with Crippen LogP contribution in [0.3, 0.4) is 0 Å². The Bertz CT molecular complexity index is 1130. The molecule has 0 aromatic heterocycles. The lowest BCUT2D eigenvalue weighted by atomic mass is 9.83. The fraction of sp³-hybridized carbons (Fsp3) is 0.0455. The van der Waals surface area contributed by atoms with Gasteiger partial charge in [0.2, 0.25) is 0 Å². The van der Waals surface area contributed by atoms with E-state index in [9.17, 15) is 23.9 Å². The van der Waals surface area contributed by atoms with Crippen molar-refractivity contribution < 1.29 is 28.6 Å². The number of aromatic hydroxyl groups is 1. The second-order valence-electron chi connectivity index (χ2n) is 6.26. The summed E-state index contributed by atoms with van der Waals surface area (Å²) >= 11 is 0. The van der Waals surface area contributed by atoms with E-state index in [1.807, 2.05) is 0 Å². The van der Waals surface area contributed by atoms with Crippen molar-refractivity contribution in [2.45, 2.75) is 0 Å². The van der Waals surface area contributed by atoms with Gasteiger partial charge < -0.3 is 9.84 Å². The first kappa shape index (κ1) is 17.6. The first-order valence-corrected chi connectivity index (χ1v) is 8.43. The van der Waals surface area contributed by atoms with Crippen LogP contribution in [0.5, 0.6) is 11.5 Å². The van der Waals surface area contributed by atoms with E-state index in [2.05, 4.69) is 0 Å². The Labute approximate surface area is 159 Å². The Kier molecular flexibility index (Phi) is 4.24. The van der Waals surface area contributed by atoms with Crippen LogP contribution in [0.1, 0.15) is 42.2 Å². The number of carbonyl (C=O) groups excluding carboxylic acids is 3. The zero-order chi connectivity index (χ0) is 19.8. The van der Waals surface area contributed by atoms with Crippen LogP contribution in [0, 0.1) is 5.82 Å². The van der Waals surface area contributed by atoms with Gasteiger partial charge in [-0.1, -0.05) is 24.3 Å². The average Bonchev–Trinajstić information content (AvgIpc) is 2.71. The van der Waals surface area contributed by atoms with Gasteiger partial charge in [-0.25, -0.2) is 4.39 Å². The maximum Gasteiger partial charge on any atom is 0.200 e. The highest BCUT2D eigenvalue weighted by Gasteiger charge is 2.33.